The number of fused-ring (bicyclic) bond motifs is 11. The van der Waals surface area contributed by atoms with E-state index >= 15 is 0 Å². The summed E-state index contributed by atoms with van der Waals surface area (Å²) in [6.45, 7) is 0. The van der Waals surface area contributed by atoms with Crippen LogP contribution in [0.25, 0.3) is 45.0 Å². The highest BCUT2D eigenvalue weighted by Crippen LogP contribution is 2.56. The zero-order valence-corrected chi connectivity index (χ0v) is 18.8. The molecular weight excluding hydrogens is 408 g/mol. The largest absolute Gasteiger partial charge is 0.0622 e. The molecule has 3 aliphatic carbocycles. The minimum absolute atomic E-state index is 0.315. The van der Waals surface area contributed by atoms with Crippen LogP contribution in [-0.4, -0.2) is 0 Å². The van der Waals surface area contributed by atoms with Crippen LogP contribution in [0, 0.1) is 0 Å². The van der Waals surface area contributed by atoms with E-state index in [9.17, 15) is 0 Å². The van der Waals surface area contributed by atoms with Gasteiger partial charge in [0, 0.05) is 5.92 Å². The van der Waals surface area contributed by atoms with E-state index in [-0.39, 0.29) is 0 Å². The third kappa shape index (κ3) is 2.43. The molecule has 3 aliphatic rings. The zero-order chi connectivity index (χ0) is 22.2. The molecule has 1 unspecified atom stereocenters. The Bertz CT molecular complexity index is 1670. The topological polar surface area (TPSA) is 0 Å². The van der Waals surface area contributed by atoms with E-state index < -0.39 is 0 Å². The van der Waals surface area contributed by atoms with Gasteiger partial charge in [-0.15, -0.1) is 0 Å². The number of benzene rings is 5. The van der Waals surface area contributed by atoms with Crippen LogP contribution in [0.3, 0.4) is 0 Å². The van der Waals surface area contributed by atoms with Crippen LogP contribution < -0.4 is 0 Å². The molecule has 0 amide bonds. The highest BCUT2D eigenvalue weighted by atomic mass is 14.4. The van der Waals surface area contributed by atoms with Gasteiger partial charge in [-0.25, -0.2) is 0 Å². The molecule has 0 heterocycles. The van der Waals surface area contributed by atoms with E-state index in [1.807, 2.05) is 0 Å². The first-order chi connectivity index (χ1) is 16.8. The van der Waals surface area contributed by atoms with Crippen LogP contribution in [-0.2, 0) is 6.42 Å². The molecule has 0 radical (unpaired) electrons. The average molecular weight is 431 g/mol. The smallest absolute Gasteiger partial charge is 0.0358 e. The van der Waals surface area contributed by atoms with E-state index in [1.165, 1.54) is 72.3 Å². The lowest BCUT2D eigenvalue weighted by Crippen LogP contribution is -2.10. The molecule has 0 saturated heterocycles. The number of rotatable bonds is 1. The second-order valence-corrected chi connectivity index (χ2v) is 9.72. The van der Waals surface area contributed by atoms with Gasteiger partial charge in [-0.1, -0.05) is 97.1 Å². The fraction of sp³-hybridized carbons (Fsp3) is 0.0588. The third-order valence-electron chi connectivity index (χ3n) is 7.93. The molecule has 0 aliphatic heterocycles. The van der Waals surface area contributed by atoms with Crippen LogP contribution in [0.15, 0.2) is 109 Å². The SMILES string of the molecule is C1=C2c3ccc(-c4ccccc4)cc3-c3cc4c(cc3C2c2ccccc21)Cc1ccccc1-4. The summed E-state index contributed by atoms with van der Waals surface area (Å²) in [6, 6.07) is 40.6. The van der Waals surface area contributed by atoms with Crippen LogP contribution >= 0.6 is 0 Å². The fourth-order valence-electron chi connectivity index (χ4n) is 6.40. The van der Waals surface area contributed by atoms with Crippen molar-refractivity contribution in [1.29, 1.82) is 0 Å². The molecule has 34 heavy (non-hydrogen) atoms. The normalized spacial score (nSPS) is 16.0. The lowest BCUT2D eigenvalue weighted by Gasteiger charge is -2.30. The van der Waals surface area contributed by atoms with Crippen molar-refractivity contribution in [3.8, 4) is 33.4 Å². The van der Waals surface area contributed by atoms with E-state index in [0.717, 1.165) is 6.42 Å². The van der Waals surface area contributed by atoms with Crippen molar-refractivity contribution >= 4 is 11.6 Å². The number of hydrogen-bond donors (Lipinski definition) is 0. The molecule has 158 valence electrons. The highest BCUT2D eigenvalue weighted by molar-refractivity contribution is 6.04. The molecule has 0 heteroatoms. The molecule has 5 aromatic carbocycles. The lowest BCUT2D eigenvalue weighted by molar-refractivity contribution is 1.05. The summed E-state index contributed by atoms with van der Waals surface area (Å²) >= 11 is 0. The monoisotopic (exact) mass is 430 g/mol. The van der Waals surface area contributed by atoms with Crippen molar-refractivity contribution in [3.05, 3.63) is 143 Å². The Morgan fingerprint density at radius 3 is 2.24 bits per heavy atom. The minimum atomic E-state index is 0.315. The number of allylic oxidation sites excluding steroid dienone is 1. The van der Waals surface area contributed by atoms with Crippen LogP contribution in [0.2, 0.25) is 0 Å². The summed E-state index contributed by atoms with van der Waals surface area (Å²) in [5.41, 5.74) is 18.1. The van der Waals surface area contributed by atoms with Gasteiger partial charge in [0.25, 0.3) is 0 Å². The van der Waals surface area contributed by atoms with Gasteiger partial charge in [0.2, 0.25) is 0 Å². The predicted molar refractivity (Wildman–Crippen MR) is 142 cm³/mol. The molecule has 0 nitrogen and oxygen atoms in total. The summed E-state index contributed by atoms with van der Waals surface area (Å²) in [4.78, 5) is 0. The second-order valence-electron chi connectivity index (χ2n) is 9.72. The van der Waals surface area contributed by atoms with E-state index in [2.05, 4.69) is 115 Å². The molecule has 0 fully saturated rings. The first kappa shape index (κ1) is 18.3. The summed E-state index contributed by atoms with van der Waals surface area (Å²) in [5, 5.41) is 0. The molecule has 0 saturated carbocycles. The molecule has 0 bridgehead atoms. The van der Waals surface area contributed by atoms with Gasteiger partial charge in [-0.3, -0.25) is 0 Å². The molecule has 8 rings (SSSR count). The van der Waals surface area contributed by atoms with Crippen molar-refractivity contribution in [3.63, 3.8) is 0 Å². The Balaban J connectivity index is 1.43. The standard InChI is InChI=1S/C34H22/c1-2-8-21(9-3-1)22-14-15-28-30(17-22)31-20-29-25(16-23-10-4-6-12-26(23)29)19-33(31)34-27-13-7-5-11-24(27)18-32(28)34/h1-15,17-20,34H,16H2. The van der Waals surface area contributed by atoms with Crippen molar-refractivity contribution < 1.29 is 0 Å². The van der Waals surface area contributed by atoms with E-state index in [1.54, 1.807) is 0 Å². The summed E-state index contributed by atoms with van der Waals surface area (Å²) in [5.74, 6) is 0.315. The van der Waals surface area contributed by atoms with Gasteiger partial charge < -0.3 is 0 Å². The summed E-state index contributed by atoms with van der Waals surface area (Å²) < 4.78 is 0. The minimum Gasteiger partial charge on any atom is -0.0622 e. The third-order valence-corrected chi connectivity index (χ3v) is 7.93. The molecular formula is C34H22. The van der Waals surface area contributed by atoms with Crippen molar-refractivity contribution in [2.45, 2.75) is 12.3 Å². The maximum absolute atomic E-state index is 2.52. The van der Waals surface area contributed by atoms with Gasteiger partial charge in [-0.2, -0.15) is 0 Å². The highest BCUT2D eigenvalue weighted by Gasteiger charge is 2.36. The Hall–Kier alpha value is -4.16. The molecule has 0 spiro atoms. The molecule has 0 aromatic heterocycles. The maximum Gasteiger partial charge on any atom is 0.0358 e. The van der Waals surface area contributed by atoms with Gasteiger partial charge in [0.1, 0.15) is 0 Å². The molecule has 0 N–H and O–H groups in total. The Morgan fingerprint density at radius 2 is 1.29 bits per heavy atom. The zero-order valence-electron chi connectivity index (χ0n) is 18.8. The maximum atomic E-state index is 2.52. The molecule has 1 atom stereocenters. The quantitative estimate of drug-likeness (QED) is 0.245. The van der Waals surface area contributed by atoms with Gasteiger partial charge in [-0.05, 0) is 97.0 Å². The van der Waals surface area contributed by atoms with E-state index in [0.29, 0.717) is 5.92 Å². The number of hydrogen-bond acceptors (Lipinski definition) is 0. The average Bonchev–Trinajstić information content (AvgIpc) is 3.46. The summed E-state index contributed by atoms with van der Waals surface area (Å²) in [6.07, 6.45) is 3.45. The van der Waals surface area contributed by atoms with Gasteiger partial charge in [0.05, 0.1) is 0 Å². The summed E-state index contributed by atoms with van der Waals surface area (Å²) in [7, 11) is 0. The Morgan fingerprint density at radius 1 is 0.471 bits per heavy atom. The first-order valence-electron chi connectivity index (χ1n) is 12.1. The first-order valence-corrected chi connectivity index (χ1v) is 12.1. The van der Waals surface area contributed by atoms with E-state index in [4.69, 9.17) is 0 Å². The van der Waals surface area contributed by atoms with Crippen LogP contribution in [0.1, 0.15) is 39.3 Å². The van der Waals surface area contributed by atoms with Crippen molar-refractivity contribution in [2.24, 2.45) is 0 Å². The van der Waals surface area contributed by atoms with Crippen LogP contribution in [0.4, 0.5) is 0 Å². The predicted octanol–water partition coefficient (Wildman–Crippen LogP) is 8.59. The van der Waals surface area contributed by atoms with Crippen molar-refractivity contribution in [2.75, 3.05) is 0 Å². The van der Waals surface area contributed by atoms with Gasteiger partial charge in [0.15, 0.2) is 0 Å². The van der Waals surface area contributed by atoms with Gasteiger partial charge >= 0.3 is 0 Å². The Labute approximate surface area is 199 Å². The Kier molecular flexibility index (Phi) is 3.59. The molecule has 5 aromatic rings. The van der Waals surface area contributed by atoms with Crippen molar-refractivity contribution in [1.82, 2.24) is 0 Å². The fourth-order valence-corrected chi connectivity index (χ4v) is 6.40. The lowest BCUT2D eigenvalue weighted by atomic mass is 9.73. The van der Waals surface area contributed by atoms with Crippen LogP contribution in [0.5, 0.6) is 0 Å². The second kappa shape index (κ2) is 6.68.